The molecule has 102 valence electrons. The molecule has 0 fully saturated rings. The molecule has 2 N–H and O–H groups in total. The first-order chi connectivity index (χ1) is 8.67. The fourth-order valence-electron chi connectivity index (χ4n) is 2.02. The third-order valence-corrected chi connectivity index (χ3v) is 3.58. The van der Waals surface area contributed by atoms with E-state index in [4.69, 9.17) is 28.3 Å². The molecule has 2 nitrogen and oxygen atoms in total. The van der Waals surface area contributed by atoms with Crippen LogP contribution < -0.4 is 5.32 Å². The lowest BCUT2D eigenvalue weighted by Gasteiger charge is -2.16. The Kier molecular flexibility index (Phi) is 7.68. The average Bonchev–Trinajstić information content (AvgIpc) is 2.32. The van der Waals surface area contributed by atoms with E-state index >= 15 is 0 Å². The van der Waals surface area contributed by atoms with Crippen LogP contribution in [0.25, 0.3) is 0 Å². The lowest BCUT2D eigenvalue weighted by Crippen LogP contribution is -2.23. The van der Waals surface area contributed by atoms with E-state index < -0.39 is 0 Å². The van der Waals surface area contributed by atoms with E-state index in [9.17, 15) is 0 Å². The maximum Gasteiger partial charge on any atom is 0.0465 e. The molecule has 0 radical (unpaired) electrons. The van der Waals surface area contributed by atoms with Gasteiger partial charge >= 0.3 is 0 Å². The molecule has 0 bridgehead atoms. The van der Waals surface area contributed by atoms with Crippen LogP contribution in [0.1, 0.15) is 31.7 Å². The summed E-state index contributed by atoms with van der Waals surface area (Å²) in [5.41, 5.74) is 1.06. The third kappa shape index (κ3) is 5.57. The Bertz CT molecular complexity index is 352. The first-order valence-corrected chi connectivity index (χ1v) is 7.18. The monoisotopic (exact) mass is 289 g/mol. The predicted octanol–water partition coefficient (Wildman–Crippen LogP) is 3.88. The first kappa shape index (κ1) is 15.8. The summed E-state index contributed by atoms with van der Waals surface area (Å²) in [6.07, 6.45) is 3.14. The molecule has 0 heterocycles. The lowest BCUT2D eigenvalue weighted by molar-refractivity contribution is 0.248. The van der Waals surface area contributed by atoms with Crippen LogP contribution in [0.5, 0.6) is 0 Å². The molecule has 1 atom stereocenters. The molecule has 0 aromatic heterocycles. The van der Waals surface area contributed by atoms with Gasteiger partial charge in [-0.15, -0.1) is 0 Å². The Morgan fingerprint density at radius 3 is 2.67 bits per heavy atom. The summed E-state index contributed by atoms with van der Waals surface area (Å²) >= 11 is 12.0. The summed E-state index contributed by atoms with van der Waals surface area (Å²) in [6.45, 7) is 4.07. The Morgan fingerprint density at radius 2 is 2.06 bits per heavy atom. The summed E-state index contributed by atoms with van der Waals surface area (Å²) in [5, 5.41) is 13.7. The second-order valence-corrected chi connectivity index (χ2v) is 5.38. The number of aliphatic hydroxyl groups excluding tert-OH is 1. The van der Waals surface area contributed by atoms with Crippen molar-refractivity contribution in [3.8, 4) is 0 Å². The maximum absolute atomic E-state index is 8.99. The lowest BCUT2D eigenvalue weighted by atomic mass is 10.0. The van der Waals surface area contributed by atoms with Gasteiger partial charge in [-0.3, -0.25) is 0 Å². The quantitative estimate of drug-likeness (QED) is 0.761. The minimum atomic E-state index is 0.258. The van der Waals surface area contributed by atoms with Crippen molar-refractivity contribution in [3.63, 3.8) is 0 Å². The Morgan fingerprint density at radius 1 is 1.28 bits per heavy atom. The van der Waals surface area contributed by atoms with E-state index in [1.54, 1.807) is 6.07 Å². The van der Waals surface area contributed by atoms with Crippen molar-refractivity contribution in [2.75, 3.05) is 13.2 Å². The molecule has 0 amide bonds. The number of hydrogen-bond donors (Lipinski definition) is 2. The molecule has 0 aliphatic carbocycles. The highest BCUT2D eigenvalue weighted by Gasteiger charge is 2.07. The highest BCUT2D eigenvalue weighted by atomic mass is 35.5. The van der Waals surface area contributed by atoms with Crippen LogP contribution in [-0.2, 0) is 6.54 Å². The van der Waals surface area contributed by atoms with Crippen molar-refractivity contribution >= 4 is 23.2 Å². The van der Waals surface area contributed by atoms with Gasteiger partial charge in [0.1, 0.15) is 0 Å². The van der Waals surface area contributed by atoms with Crippen molar-refractivity contribution in [2.24, 2.45) is 5.92 Å². The molecule has 0 spiro atoms. The maximum atomic E-state index is 8.99. The van der Waals surface area contributed by atoms with E-state index in [-0.39, 0.29) is 6.61 Å². The van der Waals surface area contributed by atoms with Crippen molar-refractivity contribution < 1.29 is 5.11 Å². The van der Waals surface area contributed by atoms with Gasteiger partial charge in [-0.25, -0.2) is 0 Å². The number of halogens is 2. The summed E-state index contributed by atoms with van der Waals surface area (Å²) in [4.78, 5) is 0. The van der Waals surface area contributed by atoms with Gasteiger partial charge in [-0.1, -0.05) is 42.6 Å². The van der Waals surface area contributed by atoms with E-state index in [0.29, 0.717) is 16.0 Å². The summed E-state index contributed by atoms with van der Waals surface area (Å²) in [5.74, 6) is 0.533. The standard InChI is InChI=1S/C14H21Cl2NO/c1-2-3-11(6-7-18)9-17-10-12-4-5-13(15)8-14(12)16/h4-5,8,11,17-18H,2-3,6-7,9-10H2,1H3. The first-order valence-electron chi connectivity index (χ1n) is 6.42. The van der Waals surface area contributed by atoms with Crippen molar-refractivity contribution in [1.82, 2.24) is 5.32 Å². The predicted molar refractivity (Wildman–Crippen MR) is 78.3 cm³/mol. The van der Waals surface area contributed by atoms with E-state index in [1.165, 1.54) is 0 Å². The minimum Gasteiger partial charge on any atom is -0.396 e. The molecule has 1 rings (SSSR count). The van der Waals surface area contributed by atoms with Crippen molar-refractivity contribution in [1.29, 1.82) is 0 Å². The Balaban J connectivity index is 2.39. The molecule has 18 heavy (non-hydrogen) atoms. The number of rotatable bonds is 8. The zero-order chi connectivity index (χ0) is 13.4. The second kappa shape index (κ2) is 8.76. The van der Waals surface area contributed by atoms with Crippen LogP contribution >= 0.6 is 23.2 Å². The smallest absolute Gasteiger partial charge is 0.0465 e. The van der Waals surface area contributed by atoms with Gasteiger partial charge in [-0.2, -0.15) is 0 Å². The van der Waals surface area contributed by atoms with Gasteiger partial charge < -0.3 is 10.4 Å². The van der Waals surface area contributed by atoms with Crippen LogP contribution in [0.4, 0.5) is 0 Å². The van der Waals surface area contributed by atoms with E-state index in [1.807, 2.05) is 12.1 Å². The number of hydrogen-bond acceptors (Lipinski definition) is 2. The summed E-state index contributed by atoms with van der Waals surface area (Å²) < 4.78 is 0. The molecule has 1 unspecified atom stereocenters. The fourth-order valence-corrected chi connectivity index (χ4v) is 2.49. The van der Waals surface area contributed by atoms with E-state index in [2.05, 4.69) is 12.2 Å². The molecule has 1 aromatic carbocycles. The molecule has 0 saturated carbocycles. The SMILES string of the molecule is CCCC(CCO)CNCc1ccc(Cl)cc1Cl. The Labute approximate surface area is 119 Å². The molecule has 4 heteroatoms. The van der Waals surface area contributed by atoms with Crippen LogP contribution in [0, 0.1) is 5.92 Å². The summed E-state index contributed by atoms with van der Waals surface area (Å²) in [6, 6.07) is 5.55. The van der Waals surface area contributed by atoms with Crippen LogP contribution in [0.2, 0.25) is 10.0 Å². The Hall–Kier alpha value is -0.280. The highest BCUT2D eigenvalue weighted by molar-refractivity contribution is 6.35. The molecule has 1 aromatic rings. The van der Waals surface area contributed by atoms with Gasteiger partial charge in [0.15, 0.2) is 0 Å². The van der Waals surface area contributed by atoms with Crippen molar-refractivity contribution in [2.45, 2.75) is 32.7 Å². The van der Waals surface area contributed by atoms with E-state index in [0.717, 1.165) is 37.9 Å². The van der Waals surface area contributed by atoms with Crippen LogP contribution in [0.15, 0.2) is 18.2 Å². The second-order valence-electron chi connectivity index (χ2n) is 4.53. The van der Waals surface area contributed by atoms with Gasteiger partial charge in [0, 0.05) is 23.2 Å². The fraction of sp³-hybridized carbons (Fsp3) is 0.571. The molecule has 0 aliphatic rings. The molecule has 0 aliphatic heterocycles. The average molecular weight is 290 g/mol. The number of aliphatic hydroxyl groups is 1. The van der Waals surface area contributed by atoms with Gasteiger partial charge in [0.25, 0.3) is 0 Å². The largest absolute Gasteiger partial charge is 0.396 e. The van der Waals surface area contributed by atoms with Crippen molar-refractivity contribution in [3.05, 3.63) is 33.8 Å². The highest BCUT2D eigenvalue weighted by Crippen LogP contribution is 2.20. The zero-order valence-corrected chi connectivity index (χ0v) is 12.3. The molecular formula is C14H21Cl2NO. The third-order valence-electron chi connectivity index (χ3n) is 3.00. The summed E-state index contributed by atoms with van der Waals surface area (Å²) in [7, 11) is 0. The van der Waals surface area contributed by atoms with Crippen LogP contribution in [0.3, 0.4) is 0 Å². The zero-order valence-electron chi connectivity index (χ0n) is 10.8. The topological polar surface area (TPSA) is 32.3 Å². The van der Waals surface area contributed by atoms with Gasteiger partial charge in [0.05, 0.1) is 0 Å². The van der Waals surface area contributed by atoms with Crippen LogP contribution in [-0.4, -0.2) is 18.3 Å². The van der Waals surface area contributed by atoms with Gasteiger partial charge in [0.2, 0.25) is 0 Å². The minimum absolute atomic E-state index is 0.258. The molecule has 0 saturated heterocycles. The number of benzene rings is 1. The normalized spacial score (nSPS) is 12.7. The van der Waals surface area contributed by atoms with Gasteiger partial charge in [-0.05, 0) is 43.0 Å². The number of nitrogens with one attached hydrogen (secondary N) is 1. The molecular weight excluding hydrogens is 269 g/mol.